The Morgan fingerprint density at radius 1 is 1.35 bits per heavy atom. The number of hydrogen-bond donors (Lipinski definition) is 0. The van der Waals surface area contributed by atoms with Crippen molar-refractivity contribution in [1.29, 1.82) is 0 Å². The summed E-state index contributed by atoms with van der Waals surface area (Å²) in [6.07, 6.45) is 0. The minimum atomic E-state index is -4.15. The van der Waals surface area contributed by atoms with Gasteiger partial charge in [0.05, 0.1) is 4.47 Å². The van der Waals surface area contributed by atoms with Crippen LogP contribution in [0.4, 0.5) is 13.2 Å². The highest BCUT2D eigenvalue weighted by Crippen LogP contribution is 2.27. The molecule has 0 radical (unpaired) electrons. The molecule has 8 heteroatoms. The van der Waals surface area contributed by atoms with Crippen LogP contribution >= 0.6 is 15.9 Å². The van der Waals surface area contributed by atoms with Crippen LogP contribution in [0.15, 0.2) is 21.5 Å². The van der Waals surface area contributed by atoms with Gasteiger partial charge in [-0.1, -0.05) is 0 Å². The molecular weight excluding hydrogens is 323 g/mol. The summed E-state index contributed by atoms with van der Waals surface area (Å²) in [5.41, 5.74) is 0. The Kier molecular flexibility index (Phi) is 4.56. The van der Waals surface area contributed by atoms with E-state index in [1.165, 1.54) is 0 Å². The van der Waals surface area contributed by atoms with Crippen molar-refractivity contribution in [1.82, 2.24) is 4.31 Å². The standard InChI is InChI=1S/C9H9BrF3NO2S/c1-14(5-4-11)17(15,16)7-3-2-6(12)8(10)9(7)13/h2-3H,4-5H2,1H3. The molecule has 0 saturated heterocycles. The number of hydrogen-bond acceptors (Lipinski definition) is 2. The largest absolute Gasteiger partial charge is 0.250 e. The highest BCUT2D eigenvalue weighted by Gasteiger charge is 2.26. The van der Waals surface area contributed by atoms with Crippen LogP contribution in [0.5, 0.6) is 0 Å². The fourth-order valence-electron chi connectivity index (χ4n) is 1.11. The molecule has 17 heavy (non-hydrogen) atoms. The second-order valence-electron chi connectivity index (χ2n) is 3.19. The van der Waals surface area contributed by atoms with E-state index in [1.807, 2.05) is 0 Å². The van der Waals surface area contributed by atoms with E-state index in [0.717, 1.165) is 19.2 Å². The summed E-state index contributed by atoms with van der Waals surface area (Å²) in [6.45, 7) is -1.28. The predicted molar refractivity (Wildman–Crippen MR) is 59.8 cm³/mol. The van der Waals surface area contributed by atoms with E-state index in [0.29, 0.717) is 4.31 Å². The summed E-state index contributed by atoms with van der Waals surface area (Å²) in [7, 11) is -3.03. The first-order valence-electron chi connectivity index (χ1n) is 4.48. The summed E-state index contributed by atoms with van der Waals surface area (Å²) >= 11 is 2.60. The Balaban J connectivity index is 3.30. The maximum Gasteiger partial charge on any atom is 0.245 e. The van der Waals surface area contributed by atoms with Crippen LogP contribution in [0.2, 0.25) is 0 Å². The van der Waals surface area contributed by atoms with Crippen LogP contribution < -0.4 is 0 Å². The van der Waals surface area contributed by atoms with E-state index in [2.05, 4.69) is 15.9 Å². The van der Waals surface area contributed by atoms with Gasteiger partial charge in [0.2, 0.25) is 10.0 Å². The van der Waals surface area contributed by atoms with Gasteiger partial charge in [-0.15, -0.1) is 0 Å². The van der Waals surface area contributed by atoms with Gasteiger partial charge in [-0.25, -0.2) is 21.6 Å². The molecular formula is C9H9BrF3NO2S. The molecule has 0 N–H and O–H groups in total. The fourth-order valence-corrected chi connectivity index (χ4v) is 2.81. The molecule has 0 heterocycles. The highest BCUT2D eigenvalue weighted by atomic mass is 79.9. The summed E-state index contributed by atoms with van der Waals surface area (Å²) in [6, 6.07) is 1.63. The number of rotatable bonds is 4. The van der Waals surface area contributed by atoms with E-state index in [-0.39, 0.29) is 0 Å². The third-order valence-electron chi connectivity index (χ3n) is 2.09. The molecule has 0 amide bonds. The first-order valence-corrected chi connectivity index (χ1v) is 6.71. The summed E-state index contributed by atoms with van der Waals surface area (Å²) in [4.78, 5) is -0.693. The molecule has 0 unspecified atom stereocenters. The van der Waals surface area contributed by atoms with Gasteiger partial charge in [0, 0.05) is 13.6 Å². The zero-order chi connectivity index (χ0) is 13.2. The minimum Gasteiger partial charge on any atom is -0.250 e. The maximum atomic E-state index is 13.6. The third kappa shape index (κ3) is 2.80. The Bertz CT molecular complexity index is 521. The van der Waals surface area contributed by atoms with Crippen molar-refractivity contribution in [2.75, 3.05) is 20.3 Å². The molecule has 1 aromatic rings. The van der Waals surface area contributed by atoms with Gasteiger partial charge in [-0.2, -0.15) is 4.31 Å². The molecule has 0 aliphatic carbocycles. The molecule has 0 bridgehead atoms. The molecule has 0 aliphatic heterocycles. The monoisotopic (exact) mass is 331 g/mol. The molecule has 0 fully saturated rings. The number of halogens is 4. The van der Waals surface area contributed by atoms with Crippen molar-refractivity contribution in [3.8, 4) is 0 Å². The Hall–Kier alpha value is -0.600. The zero-order valence-electron chi connectivity index (χ0n) is 8.75. The SMILES string of the molecule is CN(CCF)S(=O)(=O)c1ccc(F)c(Br)c1F. The summed E-state index contributed by atoms with van der Waals surface area (Å²) < 4.78 is 62.2. The van der Waals surface area contributed by atoms with Gasteiger partial charge in [0.1, 0.15) is 17.4 Å². The van der Waals surface area contributed by atoms with Crippen LogP contribution in [0.25, 0.3) is 0 Å². The van der Waals surface area contributed by atoms with Crippen LogP contribution in [0.3, 0.4) is 0 Å². The summed E-state index contributed by atoms with van der Waals surface area (Å²) in [5, 5.41) is 0. The molecule has 0 aliphatic rings. The van der Waals surface area contributed by atoms with Crippen LogP contribution in [0.1, 0.15) is 0 Å². The number of nitrogens with zero attached hydrogens (tertiary/aromatic N) is 1. The predicted octanol–water partition coefficient (Wildman–Crippen LogP) is 2.32. The Labute approximate surface area is 105 Å². The fraction of sp³-hybridized carbons (Fsp3) is 0.333. The van der Waals surface area contributed by atoms with Crippen molar-refractivity contribution in [3.05, 3.63) is 28.2 Å². The van der Waals surface area contributed by atoms with Gasteiger partial charge in [-0.3, -0.25) is 0 Å². The number of alkyl halides is 1. The summed E-state index contributed by atoms with van der Waals surface area (Å²) in [5.74, 6) is -2.13. The number of sulfonamides is 1. The molecule has 0 aromatic heterocycles. The first-order chi connectivity index (χ1) is 7.82. The van der Waals surface area contributed by atoms with Gasteiger partial charge < -0.3 is 0 Å². The van der Waals surface area contributed by atoms with Crippen LogP contribution in [-0.4, -0.2) is 33.0 Å². The van der Waals surface area contributed by atoms with Gasteiger partial charge in [0.25, 0.3) is 0 Å². The van der Waals surface area contributed by atoms with Crippen molar-refractivity contribution in [3.63, 3.8) is 0 Å². The van der Waals surface area contributed by atoms with E-state index >= 15 is 0 Å². The lowest BCUT2D eigenvalue weighted by molar-refractivity contribution is 0.392. The van der Waals surface area contributed by atoms with Gasteiger partial charge in [0.15, 0.2) is 5.82 Å². The lowest BCUT2D eigenvalue weighted by Crippen LogP contribution is -2.29. The molecule has 0 atom stereocenters. The van der Waals surface area contributed by atoms with Gasteiger partial charge >= 0.3 is 0 Å². The third-order valence-corrected chi connectivity index (χ3v) is 4.69. The van der Waals surface area contributed by atoms with E-state index in [4.69, 9.17) is 0 Å². The second-order valence-corrected chi connectivity index (χ2v) is 6.00. The average Bonchev–Trinajstić information content (AvgIpc) is 2.26. The van der Waals surface area contributed by atoms with Crippen LogP contribution in [0, 0.1) is 11.6 Å². The normalized spacial score (nSPS) is 12.1. The lowest BCUT2D eigenvalue weighted by Gasteiger charge is -2.16. The number of benzene rings is 1. The average molecular weight is 332 g/mol. The smallest absolute Gasteiger partial charge is 0.245 e. The molecule has 1 rings (SSSR count). The van der Waals surface area contributed by atoms with Gasteiger partial charge in [-0.05, 0) is 28.1 Å². The maximum absolute atomic E-state index is 13.6. The quantitative estimate of drug-likeness (QED) is 0.794. The molecule has 0 saturated carbocycles. The van der Waals surface area contributed by atoms with Crippen molar-refractivity contribution >= 4 is 26.0 Å². The molecule has 1 aromatic carbocycles. The Morgan fingerprint density at radius 2 is 1.94 bits per heavy atom. The topological polar surface area (TPSA) is 37.4 Å². The molecule has 96 valence electrons. The van der Waals surface area contributed by atoms with Crippen molar-refractivity contribution < 1.29 is 21.6 Å². The lowest BCUT2D eigenvalue weighted by atomic mass is 10.3. The second kappa shape index (κ2) is 5.36. The Morgan fingerprint density at radius 3 is 2.47 bits per heavy atom. The van der Waals surface area contributed by atoms with E-state index < -0.39 is 44.2 Å². The van der Waals surface area contributed by atoms with E-state index in [9.17, 15) is 21.6 Å². The first kappa shape index (κ1) is 14.5. The van der Waals surface area contributed by atoms with Crippen molar-refractivity contribution in [2.45, 2.75) is 4.90 Å². The zero-order valence-corrected chi connectivity index (χ0v) is 11.2. The molecule has 3 nitrogen and oxygen atoms in total. The molecule has 0 spiro atoms. The minimum absolute atomic E-state index is 0.392. The van der Waals surface area contributed by atoms with E-state index in [1.54, 1.807) is 0 Å². The van der Waals surface area contributed by atoms with Crippen LogP contribution in [-0.2, 0) is 10.0 Å². The van der Waals surface area contributed by atoms with Crippen molar-refractivity contribution in [2.24, 2.45) is 0 Å². The highest BCUT2D eigenvalue weighted by molar-refractivity contribution is 9.10.